The van der Waals surface area contributed by atoms with Gasteiger partial charge in [-0.3, -0.25) is 4.79 Å². The molecule has 228 valence electrons. The van der Waals surface area contributed by atoms with Gasteiger partial charge in [0.2, 0.25) is 6.29 Å². The topological polar surface area (TPSA) is 249 Å². The second kappa shape index (κ2) is 11.6. The van der Waals surface area contributed by atoms with Crippen molar-refractivity contribution in [3.63, 3.8) is 0 Å². The Hall–Kier alpha value is -3.51. The van der Waals surface area contributed by atoms with Crippen molar-refractivity contribution in [2.75, 3.05) is 6.61 Å². The molecule has 0 amide bonds. The molecule has 0 radical (unpaired) electrons. The number of aliphatic hydroxyl groups is 6. The lowest BCUT2D eigenvalue weighted by Gasteiger charge is -2.45. The number of benzene rings is 2. The summed E-state index contributed by atoms with van der Waals surface area (Å²) in [4.78, 5) is 12.8. The molecular formula is C27H30O15. The number of ether oxygens (including phenoxy) is 4. The van der Waals surface area contributed by atoms with Gasteiger partial charge in [-0.05, 0) is 25.1 Å². The van der Waals surface area contributed by atoms with Crippen LogP contribution in [-0.4, -0.2) is 114 Å². The average Bonchev–Trinajstić information content (AvgIpc) is 2.95. The maximum Gasteiger partial charge on any atom is 0.229 e. The standard InChI is InChI=1S/C27H30O15/c1-9-20(33)22(35)24(37)26(38-9)42-25-23(36)21(34)18(8-28)41-27(25)39-11-5-14(31)19-15(32)7-16(40-17(19)6-11)10-2-3-12(29)13(30)4-10/h2-7,9,18,20-31,33-37H,8H2,1H3/t9-,18-,20-,21+,22+,23-,24+,25-,26-,27-/m0/s1. The molecule has 2 aliphatic rings. The summed E-state index contributed by atoms with van der Waals surface area (Å²) in [5.41, 5.74) is -0.575. The van der Waals surface area contributed by atoms with E-state index in [-0.39, 0.29) is 33.8 Å². The van der Waals surface area contributed by atoms with E-state index in [0.717, 1.165) is 18.2 Å². The molecule has 0 saturated carbocycles. The second-order valence-corrected chi connectivity index (χ2v) is 10.1. The molecule has 0 aliphatic carbocycles. The van der Waals surface area contributed by atoms with E-state index in [2.05, 4.69) is 0 Å². The van der Waals surface area contributed by atoms with Crippen LogP contribution in [0.25, 0.3) is 22.3 Å². The van der Waals surface area contributed by atoms with Gasteiger partial charge < -0.3 is 69.3 Å². The predicted octanol–water partition coefficient (Wildman–Crippen LogP) is -1.39. The molecule has 2 aliphatic heterocycles. The minimum absolute atomic E-state index is 0.0216. The molecule has 3 heterocycles. The van der Waals surface area contributed by atoms with Gasteiger partial charge in [0.1, 0.15) is 64.9 Å². The van der Waals surface area contributed by atoms with Gasteiger partial charge in [0, 0.05) is 23.8 Å². The molecule has 9 N–H and O–H groups in total. The van der Waals surface area contributed by atoms with E-state index in [1.807, 2.05) is 0 Å². The van der Waals surface area contributed by atoms with Gasteiger partial charge in [-0.15, -0.1) is 0 Å². The van der Waals surface area contributed by atoms with E-state index in [1.165, 1.54) is 25.1 Å². The van der Waals surface area contributed by atoms with Crippen LogP contribution in [0.4, 0.5) is 0 Å². The number of aliphatic hydroxyl groups excluding tert-OH is 6. The van der Waals surface area contributed by atoms with E-state index in [9.17, 15) is 50.8 Å². The van der Waals surface area contributed by atoms with E-state index >= 15 is 0 Å². The predicted molar refractivity (Wildman–Crippen MR) is 139 cm³/mol. The average molecular weight is 595 g/mol. The first-order valence-electron chi connectivity index (χ1n) is 12.9. The van der Waals surface area contributed by atoms with Crippen LogP contribution >= 0.6 is 0 Å². The summed E-state index contributed by atoms with van der Waals surface area (Å²) in [6, 6.07) is 7.08. The Morgan fingerprint density at radius 1 is 0.786 bits per heavy atom. The van der Waals surface area contributed by atoms with Gasteiger partial charge in [0.25, 0.3) is 0 Å². The van der Waals surface area contributed by atoms with E-state index in [4.69, 9.17) is 23.4 Å². The SMILES string of the molecule is C[C@@H]1O[C@@H](O[C@@H]2[C@@H](Oc3cc(O)c4c(=O)cc(-c5ccc(O)c(O)c5)oc4c3)O[C@@H](CO)[C@@H](O)[C@@H]2O)[C@H](O)[C@H](O)[C@H]1O. The summed E-state index contributed by atoms with van der Waals surface area (Å²) in [5, 5.41) is 91.2. The molecule has 10 atom stereocenters. The van der Waals surface area contributed by atoms with Gasteiger partial charge in [0.05, 0.1) is 12.7 Å². The Balaban J connectivity index is 1.48. The minimum Gasteiger partial charge on any atom is -0.507 e. The quantitative estimate of drug-likeness (QED) is 0.149. The van der Waals surface area contributed by atoms with Crippen molar-refractivity contribution in [2.24, 2.45) is 0 Å². The zero-order chi connectivity index (χ0) is 30.5. The summed E-state index contributed by atoms with van der Waals surface area (Å²) in [6.45, 7) is 0.671. The Bertz CT molecular complexity index is 1490. The minimum atomic E-state index is -1.78. The molecule has 15 nitrogen and oxygen atoms in total. The van der Waals surface area contributed by atoms with Crippen LogP contribution in [0.2, 0.25) is 0 Å². The van der Waals surface area contributed by atoms with Crippen molar-refractivity contribution >= 4 is 11.0 Å². The third-order valence-corrected chi connectivity index (χ3v) is 7.22. The van der Waals surface area contributed by atoms with Gasteiger partial charge in [-0.2, -0.15) is 0 Å². The second-order valence-electron chi connectivity index (χ2n) is 10.1. The Morgan fingerprint density at radius 2 is 1.52 bits per heavy atom. The van der Waals surface area contributed by atoms with E-state index in [0.29, 0.717) is 0 Å². The lowest BCUT2D eigenvalue weighted by atomic mass is 9.97. The largest absolute Gasteiger partial charge is 0.507 e. The molecule has 0 bridgehead atoms. The molecule has 5 rings (SSSR count). The molecule has 2 aromatic carbocycles. The van der Waals surface area contributed by atoms with Crippen LogP contribution in [0.3, 0.4) is 0 Å². The maximum atomic E-state index is 12.8. The number of phenols is 3. The van der Waals surface area contributed by atoms with Crippen LogP contribution in [0.5, 0.6) is 23.0 Å². The van der Waals surface area contributed by atoms with Gasteiger partial charge >= 0.3 is 0 Å². The molecular weight excluding hydrogens is 564 g/mol. The third kappa shape index (κ3) is 5.49. The summed E-state index contributed by atoms with van der Waals surface area (Å²) >= 11 is 0. The van der Waals surface area contributed by atoms with Crippen LogP contribution in [0.15, 0.2) is 45.6 Å². The van der Waals surface area contributed by atoms with Crippen molar-refractivity contribution in [3.05, 3.63) is 46.6 Å². The zero-order valence-electron chi connectivity index (χ0n) is 21.9. The molecule has 2 fully saturated rings. The molecule has 0 unspecified atom stereocenters. The Morgan fingerprint density at radius 3 is 2.21 bits per heavy atom. The van der Waals surface area contributed by atoms with Crippen LogP contribution in [-0.2, 0) is 14.2 Å². The summed E-state index contributed by atoms with van der Waals surface area (Å²) in [5.74, 6) is -1.60. The van der Waals surface area contributed by atoms with Gasteiger partial charge in [-0.1, -0.05) is 0 Å². The fourth-order valence-electron chi connectivity index (χ4n) is 4.84. The lowest BCUT2D eigenvalue weighted by molar-refractivity contribution is -0.354. The summed E-state index contributed by atoms with van der Waals surface area (Å²) in [6.07, 6.45) is -15.5. The Kier molecular flexibility index (Phi) is 8.30. The Labute approximate surface area is 236 Å². The molecule has 0 spiro atoms. The van der Waals surface area contributed by atoms with E-state index < -0.39 is 84.9 Å². The highest BCUT2D eigenvalue weighted by molar-refractivity contribution is 5.86. The third-order valence-electron chi connectivity index (χ3n) is 7.22. The lowest BCUT2D eigenvalue weighted by Crippen LogP contribution is -2.64. The van der Waals surface area contributed by atoms with Gasteiger partial charge in [-0.25, -0.2) is 0 Å². The van der Waals surface area contributed by atoms with Crippen LogP contribution in [0.1, 0.15) is 6.92 Å². The van der Waals surface area contributed by atoms with Gasteiger partial charge in [0.15, 0.2) is 29.3 Å². The zero-order valence-corrected chi connectivity index (χ0v) is 21.9. The molecule has 1 aromatic heterocycles. The van der Waals surface area contributed by atoms with Crippen molar-refractivity contribution in [3.8, 4) is 34.3 Å². The fraction of sp³-hybridized carbons (Fsp3) is 0.444. The first kappa shape index (κ1) is 30.0. The number of aromatic hydroxyl groups is 3. The van der Waals surface area contributed by atoms with Crippen molar-refractivity contribution in [1.82, 2.24) is 0 Å². The number of hydrogen-bond donors (Lipinski definition) is 9. The maximum absolute atomic E-state index is 12.8. The highest BCUT2D eigenvalue weighted by atomic mass is 16.8. The fourth-order valence-corrected chi connectivity index (χ4v) is 4.84. The molecule has 42 heavy (non-hydrogen) atoms. The monoisotopic (exact) mass is 594 g/mol. The molecule has 3 aromatic rings. The number of hydrogen-bond acceptors (Lipinski definition) is 15. The number of fused-ring (bicyclic) bond motifs is 1. The van der Waals surface area contributed by atoms with Crippen molar-refractivity contribution in [2.45, 2.75) is 68.3 Å². The first-order chi connectivity index (χ1) is 19.9. The normalized spacial score (nSPS) is 33.5. The van der Waals surface area contributed by atoms with Crippen LogP contribution in [0, 0.1) is 0 Å². The summed E-state index contributed by atoms with van der Waals surface area (Å²) in [7, 11) is 0. The molecule has 15 heteroatoms. The smallest absolute Gasteiger partial charge is 0.229 e. The highest BCUT2D eigenvalue weighted by Gasteiger charge is 2.50. The first-order valence-corrected chi connectivity index (χ1v) is 12.9. The summed E-state index contributed by atoms with van der Waals surface area (Å²) < 4.78 is 28.3. The van der Waals surface area contributed by atoms with E-state index in [1.54, 1.807) is 0 Å². The van der Waals surface area contributed by atoms with Crippen molar-refractivity contribution in [1.29, 1.82) is 0 Å². The van der Waals surface area contributed by atoms with Crippen molar-refractivity contribution < 1.29 is 69.3 Å². The molecule has 2 saturated heterocycles. The number of phenolic OH excluding ortho intramolecular Hbond substituents is 3. The number of rotatable bonds is 6. The highest BCUT2D eigenvalue weighted by Crippen LogP contribution is 2.36. The van der Waals surface area contributed by atoms with Crippen LogP contribution < -0.4 is 10.2 Å².